The Morgan fingerprint density at radius 2 is 2.06 bits per heavy atom. The average Bonchev–Trinajstić information content (AvgIpc) is 2.80. The van der Waals surface area contributed by atoms with E-state index in [9.17, 15) is 9.59 Å². The molecule has 7 heteroatoms. The molecule has 0 N–H and O–H groups in total. The van der Waals surface area contributed by atoms with Gasteiger partial charge in [-0.2, -0.15) is 5.26 Å². The highest BCUT2D eigenvalue weighted by Crippen LogP contribution is 2.15. The van der Waals surface area contributed by atoms with Gasteiger partial charge in [0.15, 0.2) is 11.2 Å². The van der Waals surface area contributed by atoms with Crippen molar-refractivity contribution in [3.05, 3.63) is 27.2 Å². The molecule has 18 heavy (non-hydrogen) atoms. The fraction of sp³-hybridized carbons (Fsp3) is 0.455. The van der Waals surface area contributed by atoms with Gasteiger partial charge in [0.25, 0.3) is 5.56 Å². The molecular formula is C11H13N5O2. The summed E-state index contributed by atoms with van der Waals surface area (Å²) in [5.41, 5.74) is -0.271. The van der Waals surface area contributed by atoms with Gasteiger partial charge in [0.2, 0.25) is 0 Å². The van der Waals surface area contributed by atoms with Crippen LogP contribution in [-0.4, -0.2) is 18.7 Å². The van der Waals surface area contributed by atoms with Crippen LogP contribution >= 0.6 is 0 Å². The summed E-state index contributed by atoms with van der Waals surface area (Å²) < 4.78 is 3.85. The van der Waals surface area contributed by atoms with Gasteiger partial charge >= 0.3 is 5.69 Å². The highest BCUT2D eigenvalue weighted by molar-refractivity contribution is 5.70. The van der Waals surface area contributed by atoms with Gasteiger partial charge in [0.05, 0.1) is 12.4 Å². The van der Waals surface area contributed by atoms with E-state index in [1.165, 1.54) is 22.5 Å². The lowest BCUT2D eigenvalue weighted by molar-refractivity contribution is 0.606. The lowest BCUT2D eigenvalue weighted by Gasteiger charge is -2.09. The van der Waals surface area contributed by atoms with Gasteiger partial charge in [-0.25, -0.2) is 9.78 Å². The first-order valence-electron chi connectivity index (χ1n) is 5.55. The van der Waals surface area contributed by atoms with Crippen molar-refractivity contribution in [2.24, 2.45) is 14.1 Å². The predicted octanol–water partition coefficient (Wildman–Crippen LogP) is -0.0916. The average molecular weight is 247 g/mol. The SMILES string of the molecule is CCC(C#N)n1cnc2c1c(=O)n(C)c(=O)n2C. The number of rotatable bonds is 2. The fourth-order valence-electron chi connectivity index (χ4n) is 1.95. The van der Waals surface area contributed by atoms with Crippen molar-refractivity contribution in [1.29, 1.82) is 5.26 Å². The van der Waals surface area contributed by atoms with Gasteiger partial charge in [-0.05, 0) is 6.42 Å². The second kappa shape index (κ2) is 4.14. The van der Waals surface area contributed by atoms with Gasteiger partial charge in [0, 0.05) is 14.1 Å². The Kier molecular flexibility index (Phi) is 2.79. The standard InChI is InChI=1S/C11H13N5O2/c1-4-7(5-12)16-6-13-9-8(16)10(17)15(3)11(18)14(9)2/h6-7H,4H2,1-3H3. The van der Waals surface area contributed by atoms with Crippen LogP contribution in [0.5, 0.6) is 0 Å². The largest absolute Gasteiger partial charge is 0.332 e. The molecule has 2 heterocycles. The molecule has 2 aromatic rings. The van der Waals surface area contributed by atoms with Gasteiger partial charge in [0.1, 0.15) is 6.04 Å². The fourth-order valence-corrected chi connectivity index (χ4v) is 1.95. The molecule has 0 bridgehead atoms. The van der Waals surface area contributed by atoms with Crippen molar-refractivity contribution in [3.8, 4) is 6.07 Å². The van der Waals surface area contributed by atoms with Crippen LogP contribution in [0.3, 0.4) is 0 Å². The lowest BCUT2D eigenvalue weighted by Crippen LogP contribution is -2.37. The van der Waals surface area contributed by atoms with E-state index in [1.807, 2.05) is 6.92 Å². The van der Waals surface area contributed by atoms with Gasteiger partial charge < -0.3 is 4.57 Å². The molecule has 2 aromatic heterocycles. The zero-order chi connectivity index (χ0) is 13.4. The van der Waals surface area contributed by atoms with Crippen molar-refractivity contribution >= 4 is 11.2 Å². The summed E-state index contributed by atoms with van der Waals surface area (Å²) in [5, 5.41) is 9.07. The zero-order valence-electron chi connectivity index (χ0n) is 10.4. The van der Waals surface area contributed by atoms with Crippen LogP contribution in [0.2, 0.25) is 0 Å². The van der Waals surface area contributed by atoms with Crippen LogP contribution in [0.1, 0.15) is 19.4 Å². The molecule has 0 aliphatic carbocycles. The van der Waals surface area contributed by atoms with Crippen molar-refractivity contribution in [2.75, 3.05) is 0 Å². The molecule has 0 aliphatic heterocycles. The number of fused-ring (bicyclic) bond motifs is 1. The van der Waals surface area contributed by atoms with Crippen LogP contribution in [0.4, 0.5) is 0 Å². The Labute approximate surface area is 103 Å². The first kappa shape index (κ1) is 12.1. The maximum Gasteiger partial charge on any atom is 0.332 e. The molecule has 7 nitrogen and oxygen atoms in total. The van der Waals surface area contributed by atoms with Crippen LogP contribution in [0.15, 0.2) is 15.9 Å². The molecule has 0 fully saturated rings. The van der Waals surface area contributed by atoms with Crippen LogP contribution < -0.4 is 11.2 Å². The molecule has 0 aromatic carbocycles. The minimum atomic E-state index is -0.458. The highest BCUT2D eigenvalue weighted by atomic mass is 16.2. The number of hydrogen-bond donors (Lipinski definition) is 0. The topological polar surface area (TPSA) is 85.6 Å². The Morgan fingerprint density at radius 1 is 1.39 bits per heavy atom. The molecule has 0 amide bonds. The van der Waals surface area contributed by atoms with Crippen molar-refractivity contribution in [1.82, 2.24) is 18.7 Å². The summed E-state index contributed by atoms with van der Waals surface area (Å²) in [6.07, 6.45) is 2.00. The van der Waals surface area contributed by atoms with E-state index in [4.69, 9.17) is 5.26 Å². The minimum Gasteiger partial charge on any atom is -0.308 e. The van der Waals surface area contributed by atoms with E-state index in [2.05, 4.69) is 11.1 Å². The second-order valence-electron chi connectivity index (χ2n) is 4.08. The number of imidazole rings is 1. The Hall–Kier alpha value is -2.36. The van der Waals surface area contributed by atoms with E-state index in [0.29, 0.717) is 12.1 Å². The Morgan fingerprint density at radius 3 is 2.61 bits per heavy atom. The van der Waals surface area contributed by atoms with Crippen LogP contribution in [0, 0.1) is 11.3 Å². The monoisotopic (exact) mass is 247 g/mol. The third-order valence-corrected chi connectivity index (χ3v) is 3.04. The normalized spacial score (nSPS) is 12.6. The van der Waals surface area contributed by atoms with Crippen LogP contribution in [0.25, 0.3) is 11.2 Å². The summed E-state index contributed by atoms with van der Waals surface area (Å²) in [5.74, 6) is 0. The predicted molar refractivity (Wildman–Crippen MR) is 65.2 cm³/mol. The van der Waals surface area contributed by atoms with E-state index in [-0.39, 0.29) is 5.52 Å². The van der Waals surface area contributed by atoms with Crippen molar-refractivity contribution in [2.45, 2.75) is 19.4 Å². The highest BCUT2D eigenvalue weighted by Gasteiger charge is 2.18. The molecule has 1 atom stereocenters. The minimum absolute atomic E-state index is 0.285. The molecule has 0 aliphatic rings. The van der Waals surface area contributed by atoms with Crippen molar-refractivity contribution in [3.63, 3.8) is 0 Å². The molecule has 0 radical (unpaired) electrons. The number of nitrogens with zero attached hydrogens (tertiary/aromatic N) is 5. The van der Waals surface area contributed by atoms with E-state index in [1.54, 1.807) is 7.05 Å². The first-order valence-corrected chi connectivity index (χ1v) is 5.55. The summed E-state index contributed by atoms with van der Waals surface area (Å²) in [6.45, 7) is 1.85. The van der Waals surface area contributed by atoms with Gasteiger partial charge in [-0.3, -0.25) is 13.9 Å². The summed E-state index contributed by atoms with van der Waals surface area (Å²) in [7, 11) is 2.96. The molecule has 0 saturated heterocycles. The van der Waals surface area contributed by atoms with E-state index in [0.717, 1.165) is 4.57 Å². The lowest BCUT2D eigenvalue weighted by atomic mass is 10.2. The second-order valence-corrected chi connectivity index (χ2v) is 4.08. The molecule has 2 rings (SSSR count). The zero-order valence-corrected chi connectivity index (χ0v) is 10.4. The Balaban J connectivity index is 2.95. The maximum absolute atomic E-state index is 12.1. The van der Waals surface area contributed by atoms with Crippen LogP contribution in [-0.2, 0) is 14.1 Å². The third-order valence-electron chi connectivity index (χ3n) is 3.04. The summed E-state index contributed by atoms with van der Waals surface area (Å²) in [6, 6.07) is 1.66. The number of aryl methyl sites for hydroxylation is 1. The molecule has 0 spiro atoms. The van der Waals surface area contributed by atoms with Gasteiger partial charge in [-0.1, -0.05) is 6.92 Å². The van der Waals surface area contributed by atoms with E-state index >= 15 is 0 Å². The van der Waals surface area contributed by atoms with Crippen molar-refractivity contribution < 1.29 is 0 Å². The van der Waals surface area contributed by atoms with Gasteiger partial charge in [-0.15, -0.1) is 0 Å². The number of aromatic nitrogens is 4. The smallest absolute Gasteiger partial charge is 0.308 e. The molecule has 0 saturated carbocycles. The number of nitriles is 1. The molecular weight excluding hydrogens is 234 g/mol. The summed E-state index contributed by atoms with van der Waals surface area (Å²) in [4.78, 5) is 27.9. The summed E-state index contributed by atoms with van der Waals surface area (Å²) >= 11 is 0. The third kappa shape index (κ3) is 1.46. The molecule has 94 valence electrons. The quantitative estimate of drug-likeness (QED) is 0.742. The first-order chi connectivity index (χ1) is 8.52. The maximum atomic E-state index is 12.1. The van der Waals surface area contributed by atoms with E-state index < -0.39 is 17.3 Å². The Bertz CT molecular complexity index is 759. The molecule has 1 unspecified atom stereocenters. The number of hydrogen-bond acceptors (Lipinski definition) is 4.